The summed E-state index contributed by atoms with van der Waals surface area (Å²) in [6.45, 7) is 0. The molecule has 1 N–H and O–H groups in total. The maximum Gasteiger partial charge on any atom is 0.329 e. The zero-order valence-electron chi connectivity index (χ0n) is 9.92. The minimum Gasteiger partial charge on any atom is -0.291 e. The lowest BCUT2D eigenvalue weighted by Gasteiger charge is -2.06. The first kappa shape index (κ1) is 11.7. The molecule has 1 aromatic carbocycles. The van der Waals surface area contributed by atoms with Crippen molar-refractivity contribution >= 4 is 22.8 Å². The molecule has 19 heavy (non-hydrogen) atoms. The van der Waals surface area contributed by atoms with Crippen LogP contribution >= 0.6 is 11.6 Å². The van der Waals surface area contributed by atoms with Crippen molar-refractivity contribution in [3.63, 3.8) is 0 Å². The van der Waals surface area contributed by atoms with Crippen molar-refractivity contribution in [3.8, 4) is 5.69 Å². The zero-order valence-corrected chi connectivity index (χ0v) is 10.7. The van der Waals surface area contributed by atoms with Gasteiger partial charge in [-0.15, -0.1) is 0 Å². The van der Waals surface area contributed by atoms with Gasteiger partial charge in [0.05, 0.1) is 10.7 Å². The summed E-state index contributed by atoms with van der Waals surface area (Å²) in [6.07, 6.45) is 1.46. The van der Waals surface area contributed by atoms with Gasteiger partial charge < -0.3 is 0 Å². The van der Waals surface area contributed by atoms with Crippen LogP contribution < -0.4 is 11.2 Å². The van der Waals surface area contributed by atoms with Gasteiger partial charge in [-0.1, -0.05) is 23.7 Å². The number of aromatic amines is 1. The average Bonchev–Trinajstić information content (AvgIpc) is 2.80. The third-order valence-electron chi connectivity index (χ3n) is 2.92. The number of H-pyrrole nitrogens is 1. The first-order valence-electron chi connectivity index (χ1n) is 5.51. The summed E-state index contributed by atoms with van der Waals surface area (Å²) in [5.74, 6) is 0. The molecule has 96 valence electrons. The third kappa shape index (κ3) is 1.68. The quantitative estimate of drug-likeness (QED) is 0.722. The Bertz CT molecular complexity index is 891. The fourth-order valence-electron chi connectivity index (χ4n) is 1.91. The van der Waals surface area contributed by atoms with Gasteiger partial charge in [-0.05, 0) is 12.1 Å². The van der Waals surface area contributed by atoms with Crippen LogP contribution in [0, 0.1) is 0 Å². The molecule has 2 heterocycles. The lowest BCUT2D eigenvalue weighted by atomic mass is 10.3. The predicted molar refractivity (Wildman–Crippen MR) is 71.9 cm³/mol. The molecule has 7 heteroatoms. The van der Waals surface area contributed by atoms with E-state index in [0.29, 0.717) is 10.7 Å². The maximum absolute atomic E-state index is 12.2. The SMILES string of the molecule is Cn1c(=O)[nH]c2ncn(-c3ccccc3Cl)c2c1=O. The summed E-state index contributed by atoms with van der Waals surface area (Å²) in [5.41, 5.74) is 0.247. The van der Waals surface area contributed by atoms with Gasteiger partial charge in [0.25, 0.3) is 5.56 Å². The van der Waals surface area contributed by atoms with E-state index >= 15 is 0 Å². The minimum atomic E-state index is -0.498. The van der Waals surface area contributed by atoms with Crippen molar-refractivity contribution < 1.29 is 0 Å². The molecule has 0 saturated heterocycles. The monoisotopic (exact) mass is 276 g/mol. The Balaban J connectivity index is 2.45. The molecule has 0 unspecified atom stereocenters. The molecule has 0 bridgehead atoms. The van der Waals surface area contributed by atoms with Gasteiger partial charge in [0, 0.05) is 7.05 Å². The molecule has 6 nitrogen and oxygen atoms in total. The van der Waals surface area contributed by atoms with Crippen LogP contribution in [0.25, 0.3) is 16.9 Å². The lowest BCUT2D eigenvalue weighted by Crippen LogP contribution is -2.33. The minimum absolute atomic E-state index is 0.244. The van der Waals surface area contributed by atoms with E-state index in [9.17, 15) is 9.59 Å². The van der Waals surface area contributed by atoms with Crippen molar-refractivity contribution in [2.24, 2.45) is 7.05 Å². The summed E-state index contributed by atoms with van der Waals surface area (Å²) in [5, 5.41) is 0.495. The second kappa shape index (κ2) is 4.10. The number of fused-ring (bicyclic) bond motifs is 1. The molecule has 0 saturated carbocycles. The first-order valence-corrected chi connectivity index (χ1v) is 5.88. The highest BCUT2D eigenvalue weighted by atomic mass is 35.5. The first-order chi connectivity index (χ1) is 9.09. The summed E-state index contributed by atoms with van der Waals surface area (Å²) in [7, 11) is 1.41. The number of para-hydroxylation sites is 1. The second-order valence-electron chi connectivity index (χ2n) is 4.06. The normalized spacial score (nSPS) is 11.1. The van der Waals surface area contributed by atoms with Crippen LogP contribution in [0.4, 0.5) is 0 Å². The van der Waals surface area contributed by atoms with Gasteiger partial charge in [-0.2, -0.15) is 0 Å². The van der Waals surface area contributed by atoms with Crippen LogP contribution in [0.1, 0.15) is 0 Å². The predicted octanol–water partition coefficient (Wildman–Crippen LogP) is 1.07. The summed E-state index contributed by atoms with van der Waals surface area (Å²) < 4.78 is 2.56. The summed E-state index contributed by atoms with van der Waals surface area (Å²) in [4.78, 5) is 30.2. The fourth-order valence-corrected chi connectivity index (χ4v) is 2.14. The smallest absolute Gasteiger partial charge is 0.291 e. The molecule has 0 spiro atoms. The topological polar surface area (TPSA) is 72.7 Å². The highest BCUT2D eigenvalue weighted by molar-refractivity contribution is 6.32. The molecule has 0 aliphatic rings. The molecule has 0 fully saturated rings. The molecule has 0 aliphatic heterocycles. The van der Waals surface area contributed by atoms with E-state index in [1.807, 2.05) is 6.07 Å². The van der Waals surface area contributed by atoms with E-state index in [0.717, 1.165) is 4.57 Å². The van der Waals surface area contributed by atoms with Crippen LogP contribution in [-0.4, -0.2) is 19.1 Å². The Morgan fingerprint density at radius 1 is 1.26 bits per heavy atom. The second-order valence-corrected chi connectivity index (χ2v) is 4.46. The van der Waals surface area contributed by atoms with E-state index in [1.165, 1.54) is 13.4 Å². The van der Waals surface area contributed by atoms with Crippen molar-refractivity contribution in [2.75, 3.05) is 0 Å². The largest absolute Gasteiger partial charge is 0.329 e. The number of halogens is 1. The highest BCUT2D eigenvalue weighted by Crippen LogP contribution is 2.21. The number of hydrogen-bond donors (Lipinski definition) is 1. The van der Waals surface area contributed by atoms with Gasteiger partial charge >= 0.3 is 5.69 Å². The van der Waals surface area contributed by atoms with Gasteiger partial charge in [0.2, 0.25) is 0 Å². The lowest BCUT2D eigenvalue weighted by molar-refractivity contribution is 0.788. The van der Waals surface area contributed by atoms with Gasteiger partial charge in [0.1, 0.15) is 6.33 Å². The third-order valence-corrected chi connectivity index (χ3v) is 3.24. The Labute approximate surface area is 111 Å². The number of imidazole rings is 1. The molecule has 3 rings (SSSR count). The van der Waals surface area contributed by atoms with Crippen LogP contribution in [0.15, 0.2) is 40.2 Å². The van der Waals surface area contributed by atoms with Crippen LogP contribution in [0.5, 0.6) is 0 Å². The standard InChI is InChI=1S/C12H9ClN4O2/c1-16-11(18)9-10(15-12(16)19)14-6-17(9)8-5-3-2-4-7(8)13/h2-6H,1H3,(H,15,19). The van der Waals surface area contributed by atoms with Crippen LogP contribution in [-0.2, 0) is 7.05 Å². The summed E-state index contributed by atoms with van der Waals surface area (Å²) in [6, 6.07) is 7.10. The number of nitrogens with one attached hydrogen (secondary N) is 1. The van der Waals surface area contributed by atoms with Crippen molar-refractivity contribution in [1.29, 1.82) is 0 Å². The van der Waals surface area contributed by atoms with E-state index in [-0.39, 0.29) is 11.2 Å². The average molecular weight is 277 g/mol. The molecule has 0 atom stereocenters. The number of hydrogen-bond acceptors (Lipinski definition) is 3. The van der Waals surface area contributed by atoms with Crippen LogP contribution in [0.2, 0.25) is 5.02 Å². The molecule has 0 amide bonds. The molecular formula is C12H9ClN4O2. The van der Waals surface area contributed by atoms with E-state index in [1.54, 1.807) is 22.8 Å². The number of aromatic nitrogens is 4. The maximum atomic E-state index is 12.2. The van der Waals surface area contributed by atoms with Crippen LogP contribution in [0.3, 0.4) is 0 Å². The Kier molecular flexibility index (Phi) is 2.53. The van der Waals surface area contributed by atoms with E-state index in [2.05, 4.69) is 9.97 Å². The zero-order chi connectivity index (χ0) is 13.6. The van der Waals surface area contributed by atoms with Crippen molar-refractivity contribution in [1.82, 2.24) is 19.1 Å². The number of nitrogens with zero attached hydrogens (tertiary/aromatic N) is 3. The van der Waals surface area contributed by atoms with E-state index < -0.39 is 11.2 Å². The number of benzene rings is 1. The Morgan fingerprint density at radius 3 is 2.74 bits per heavy atom. The molecule has 0 aliphatic carbocycles. The summed E-state index contributed by atoms with van der Waals surface area (Å²) >= 11 is 6.11. The van der Waals surface area contributed by atoms with E-state index in [4.69, 9.17) is 11.6 Å². The molecule has 2 aromatic heterocycles. The molecule has 3 aromatic rings. The number of rotatable bonds is 1. The Morgan fingerprint density at radius 2 is 2.00 bits per heavy atom. The molecule has 0 radical (unpaired) electrons. The van der Waals surface area contributed by atoms with Gasteiger partial charge in [-0.3, -0.25) is 18.9 Å². The van der Waals surface area contributed by atoms with Crippen molar-refractivity contribution in [3.05, 3.63) is 56.5 Å². The highest BCUT2D eigenvalue weighted by Gasteiger charge is 2.13. The van der Waals surface area contributed by atoms with Crippen molar-refractivity contribution in [2.45, 2.75) is 0 Å². The Hall–Kier alpha value is -2.34. The molecular weight excluding hydrogens is 268 g/mol. The van der Waals surface area contributed by atoms with Gasteiger partial charge in [0.15, 0.2) is 11.2 Å². The fraction of sp³-hybridized carbons (Fsp3) is 0.0833. The van der Waals surface area contributed by atoms with Gasteiger partial charge in [-0.25, -0.2) is 9.78 Å².